The molecule has 0 radical (unpaired) electrons. The first-order chi connectivity index (χ1) is 11.7. The van der Waals surface area contributed by atoms with E-state index in [0.717, 1.165) is 50.7 Å². The van der Waals surface area contributed by atoms with Crippen LogP contribution in [0.3, 0.4) is 0 Å². The highest BCUT2D eigenvalue weighted by Gasteiger charge is 2.28. The molecule has 1 aromatic heterocycles. The molecule has 1 aliphatic carbocycles. The van der Waals surface area contributed by atoms with Crippen molar-refractivity contribution in [1.29, 1.82) is 0 Å². The van der Waals surface area contributed by atoms with E-state index < -0.39 is 0 Å². The number of nitrogens with zero attached hydrogens (tertiary/aromatic N) is 6. The van der Waals surface area contributed by atoms with Crippen LogP contribution in [0.25, 0.3) is 0 Å². The molecule has 0 bridgehead atoms. The Balaban J connectivity index is 1.58. The van der Waals surface area contributed by atoms with Crippen molar-refractivity contribution >= 4 is 17.7 Å². The van der Waals surface area contributed by atoms with Crippen LogP contribution < -0.4 is 0 Å². The van der Waals surface area contributed by atoms with E-state index in [2.05, 4.69) is 27.3 Å². The molecule has 1 atom stereocenters. The number of amides is 1. The Labute approximate surface area is 148 Å². The topological polar surface area (TPSA) is 67.2 Å². The van der Waals surface area contributed by atoms with Gasteiger partial charge in [0.05, 0.1) is 11.3 Å². The molecular formula is C16H28N6OS. The van der Waals surface area contributed by atoms with Gasteiger partial charge < -0.3 is 9.80 Å². The maximum atomic E-state index is 12.7. The van der Waals surface area contributed by atoms with Gasteiger partial charge in [-0.1, -0.05) is 37.9 Å². The smallest absolute Gasteiger partial charge is 0.235 e. The van der Waals surface area contributed by atoms with Gasteiger partial charge in [0.1, 0.15) is 0 Å². The first kappa shape index (κ1) is 17.7. The summed E-state index contributed by atoms with van der Waals surface area (Å²) in [6, 6.07) is 0.395. The Kier molecular flexibility index (Phi) is 6.10. The zero-order valence-corrected chi connectivity index (χ0v) is 15.5. The molecule has 1 amide bonds. The summed E-state index contributed by atoms with van der Waals surface area (Å²) in [5.74, 6) is 0.203. The van der Waals surface area contributed by atoms with Gasteiger partial charge in [0.25, 0.3) is 0 Å². The Morgan fingerprint density at radius 1 is 1.21 bits per heavy atom. The molecule has 0 aromatic carbocycles. The highest BCUT2D eigenvalue weighted by atomic mass is 32.2. The third-order valence-electron chi connectivity index (χ3n) is 5.14. The van der Waals surface area contributed by atoms with Crippen LogP contribution in [0.15, 0.2) is 5.16 Å². The predicted molar refractivity (Wildman–Crippen MR) is 94.0 cm³/mol. The van der Waals surface area contributed by atoms with E-state index in [1.807, 2.05) is 16.5 Å². The first-order valence-corrected chi connectivity index (χ1v) is 10.0. The molecular weight excluding hydrogens is 324 g/mol. The van der Waals surface area contributed by atoms with Gasteiger partial charge in [0, 0.05) is 26.2 Å². The van der Waals surface area contributed by atoms with E-state index in [1.54, 1.807) is 0 Å². The SMILES string of the molecule is CCN1CCN(C(=O)C(C)Sc2nnnn2C2CCCCC2)CC1. The largest absolute Gasteiger partial charge is 0.339 e. The number of hydrogen-bond donors (Lipinski definition) is 0. The average Bonchev–Trinajstić information content (AvgIpc) is 3.10. The highest BCUT2D eigenvalue weighted by Crippen LogP contribution is 2.31. The lowest BCUT2D eigenvalue weighted by atomic mass is 9.96. The van der Waals surface area contributed by atoms with Gasteiger partial charge in [0.2, 0.25) is 11.1 Å². The molecule has 1 saturated carbocycles. The van der Waals surface area contributed by atoms with Crippen LogP contribution in [0, 0.1) is 0 Å². The van der Waals surface area contributed by atoms with E-state index >= 15 is 0 Å². The summed E-state index contributed by atoms with van der Waals surface area (Å²) in [6.45, 7) is 8.79. The van der Waals surface area contributed by atoms with Gasteiger partial charge in [0.15, 0.2) is 0 Å². The van der Waals surface area contributed by atoms with Crippen LogP contribution in [0.4, 0.5) is 0 Å². The van der Waals surface area contributed by atoms with Gasteiger partial charge in [-0.2, -0.15) is 0 Å². The molecule has 0 N–H and O–H groups in total. The third kappa shape index (κ3) is 4.08. The number of rotatable bonds is 5. The first-order valence-electron chi connectivity index (χ1n) is 9.14. The Morgan fingerprint density at radius 2 is 1.92 bits per heavy atom. The van der Waals surface area contributed by atoms with Crippen LogP contribution in [0.5, 0.6) is 0 Å². The lowest BCUT2D eigenvalue weighted by Gasteiger charge is -2.35. The number of tetrazole rings is 1. The molecule has 1 unspecified atom stereocenters. The highest BCUT2D eigenvalue weighted by molar-refractivity contribution is 8.00. The van der Waals surface area contributed by atoms with Gasteiger partial charge in [-0.05, 0) is 36.7 Å². The van der Waals surface area contributed by atoms with Crippen molar-refractivity contribution in [1.82, 2.24) is 30.0 Å². The fourth-order valence-corrected chi connectivity index (χ4v) is 4.51. The zero-order chi connectivity index (χ0) is 16.9. The number of carbonyl (C=O) groups excluding carboxylic acids is 1. The molecule has 8 heteroatoms. The molecule has 2 heterocycles. The molecule has 3 rings (SSSR count). The normalized spacial score (nSPS) is 21.8. The molecule has 7 nitrogen and oxygen atoms in total. The second kappa shape index (κ2) is 8.29. The number of piperazine rings is 1. The lowest BCUT2D eigenvalue weighted by molar-refractivity contribution is -0.132. The van der Waals surface area contributed by atoms with Crippen molar-refractivity contribution in [3.8, 4) is 0 Å². The van der Waals surface area contributed by atoms with Gasteiger partial charge in [-0.15, -0.1) is 5.10 Å². The minimum Gasteiger partial charge on any atom is -0.339 e. The second-order valence-corrected chi connectivity index (χ2v) is 8.03. The standard InChI is InChI=1S/C16H28N6OS/c1-3-20-9-11-21(12-10-20)15(23)13(2)24-16-17-18-19-22(16)14-7-5-4-6-8-14/h13-14H,3-12H2,1-2H3. The molecule has 24 heavy (non-hydrogen) atoms. The molecule has 134 valence electrons. The molecule has 0 spiro atoms. The summed E-state index contributed by atoms with van der Waals surface area (Å²) < 4.78 is 1.95. The number of likely N-dealkylation sites (N-methyl/N-ethyl adjacent to an activating group) is 1. The van der Waals surface area contributed by atoms with Crippen LogP contribution in [0.1, 0.15) is 52.0 Å². The van der Waals surface area contributed by atoms with Crippen LogP contribution in [0.2, 0.25) is 0 Å². The number of hydrogen-bond acceptors (Lipinski definition) is 6. The summed E-state index contributed by atoms with van der Waals surface area (Å²) in [5, 5.41) is 12.9. The summed E-state index contributed by atoms with van der Waals surface area (Å²) in [5.41, 5.74) is 0. The van der Waals surface area contributed by atoms with Gasteiger partial charge >= 0.3 is 0 Å². The van der Waals surface area contributed by atoms with E-state index in [-0.39, 0.29) is 11.2 Å². The average molecular weight is 353 g/mol. The maximum Gasteiger partial charge on any atom is 0.235 e. The fraction of sp³-hybridized carbons (Fsp3) is 0.875. The summed E-state index contributed by atoms with van der Waals surface area (Å²) in [4.78, 5) is 17.1. The molecule has 1 aromatic rings. The Bertz CT molecular complexity index is 536. The number of carbonyl (C=O) groups is 1. The van der Waals surface area contributed by atoms with E-state index in [9.17, 15) is 4.79 Å². The predicted octanol–water partition coefficient (Wildman–Crippen LogP) is 1.82. The van der Waals surface area contributed by atoms with Crippen molar-refractivity contribution < 1.29 is 4.79 Å². The Morgan fingerprint density at radius 3 is 2.58 bits per heavy atom. The zero-order valence-electron chi connectivity index (χ0n) is 14.7. The van der Waals surface area contributed by atoms with Crippen molar-refractivity contribution in [2.45, 2.75) is 62.4 Å². The van der Waals surface area contributed by atoms with E-state index in [1.165, 1.54) is 31.0 Å². The fourth-order valence-electron chi connectivity index (χ4n) is 3.57. The quantitative estimate of drug-likeness (QED) is 0.753. The van der Waals surface area contributed by atoms with Crippen LogP contribution in [-0.4, -0.2) is 73.9 Å². The maximum absolute atomic E-state index is 12.7. The van der Waals surface area contributed by atoms with E-state index in [4.69, 9.17) is 0 Å². The summed E-state index contributed by atoms with van der Waals surface area (Å²) in [7, 11) is 0. The van der Waals surface area contributed by atoms with Crippen molar-refractivity contribution in [3.05, 3.63) is 0 Å². The monoisotopic (exact) mass is 352 g/mol. The lowest BCUT2D eigenvalue weighted by Crippen LogP contribution is -2.50. The van der Waals surface area contributed by atoms with Gasteiger partial charge in [-0.25, -0.2) is 4.68 Å². The minimum atomic E-state index is -0.147. The van der Waals surface area contributed by atoms with Crippen LogP contribution in [-0.2, 0) is 4.79 Å². The van der Waals surface area contributed by atoms with Crippen molar-refractivity contribution in [2.24, 2.45) is 0 Å². The number of aromatic nitrogens is 4. The summed E-state index contributed by atoms with van der Waals surface area (Å²) >= 11 is 1.50. The molecule has 2 aliphatic rings. The molecule has 1 saturated heterocycles. The Hall–Kier alpha value is -1.15. The third-order valence-corrected chi connectivity index (χ3v) is 6.18. The van der Waals surface area contributed by atoms with Gasteiger partial charge in [-0.3, -0.25) is 4.79 Å². The number of thioether (sulfide) groups is 1. The second-order valence-electron chi connectivity index (χ2n) is 6.72. The van der Waals surface area contributed by atoms with Crippen LogP contribution >= 0.6 is 11.8 Å². The van der Waals surface area contributed by atoms with E-state index in [0.29, 0.717) is 6.04 Å². The molecule has 1 aliphatic heterocycles. The van der Waals surface area contributed by atoms with Crippen molar-refractivity contribution in [2.75, 3.05) is 32.7 Å². The van der Waals surface area contributed by atoms with Crippen molar-refractivity contribution in [3.63, 3.8) is 0 Å². The molecule has 2 fully saturated rings. The minimum absolute atomic E-state index is 0.147. The summed E-state index contributed by atoms with van der Waals surface area (Å²) in [6.07, 6.45) is 6.06.